The minimum atomic E-state index is -0.723. The van der Waals surface area contributed by atoms with Gasteiger partial charge in [0, 0.05) is 13.1 Å². The first kappa shape index (κ1) is 13.9. The molecule has 1 amide bonds. The number of ether oxygens (including phenoxy) is 1. The largest absolute Gasteiger partial charge is 0.489 e. The van der Waals surface area contributed by atoms with Crippen LogP contribution in [0.1, 0.15) is 26.7 Å². The smallest absolute Gasteiger partial charge is 0.247 e. The third-order valence-electron chi connectivity index (χ3n) is 3.32. The van der Waals surface area contributed by atoms with Gasteiger partial charge in [-0.15, -0.1) is 0 Å². The van der Waals surface area contributed by atoms with E-state index in [-0.39, 0.29) is 5.91 Å². The van der Waals surface area contributed by atoms with Gasteiger partial charge in [-0.1, -0.05) is 0 Å². The topological polar surface area (TPSA) is 82.2 Å². The molecule has 1 aromatic rings. The average molecular weight is 266 g/mol. The van der Waals surface area contributed by atoms with Crippen LogP contribution in [0.5, 0.6) is 5.75 Å². The summed E-state index contributed by atoms with van der Waals surface area (Å²) in [5, 5.41) is 7.17. The van der Waals surface area contributed by atoms with E-state index >= 15 is 0 Å². The first-order valence-corrected chi connectivity index (χ1v) is 6.70. The van der Waals surface area contributed by atoms with Gasteiger partial charge < -0.3 is 15.8 Å². The summed E-state index contributed by atoms with van der Waals surface area (Å²) >= 11 is 0. The van der Waals surface area contributed by atoms with Gasteiger partial charge in [0.25, 0.3) is 0 Å². The summed E-state index contributed by atoms with van der Waals surface area (Å²) in [4.78, 5) is 12.2. The first-order valence-electron chi connectivity index (χ1n) is 6.70. The molecular weight excluding hydrogens is 244 g/mol. The zero-order valence-electron chi connectivity index (χ0n) is 11.6. The van der Waals surface area contributed by atoms with Crippen LogP contribution in [0.15, 0.2) is 12.4 Å². The first-order chi connectivity index (χ1) is 9.04. The lowest BCUT2D eigenvalue weighted by molar-refractivity contribution is -0.128. The Hall–Kier alpha value is -1.56. The van der Waals surface area contributed by atoms with Crippen LogP contribution >= 0.6 is 0 Å². The summed E-state index contributed by atoms with van der Waals surface area (Å²) in [7, 11) is 0. The van der Waals surface area contributed by atoms with E-state index in [1.54, 1.807) is 17.1 Å². The minimum absolute atomic E-state index is 0.0205. The third-order valence-corrected chi connectivity index (χ3v) is 3.32. The molecule has 0 saturated heterocycles. The van der Waals surface area contributed by atoms with E-state index in [1.165, 1.54) is 12.8 Å². The van der Waals surface area contributed by atoms with E-state index in [2.05, 4.69) is 10.4 Å². The highest BCUT2D eigenvalue weighted by Gasteiger charge is 2.32. The van der Waals surface area contributed by atoms with Gasteiger partial charge in [-0.25, -0.2) is 0 Å². The number of aromatic nitrogens is 2. The van der Waals surface area contributed by atoms with Crippen molar-refractivity contribution < 1.29 is 9.53 Å². The maximum atomic E-state index is 12.2. The number of nitrogens with zero attached hydrogens (tertiary/aromatic N) is 2. The number of nitrogens with two attached hydrogens (primary N) is 1. The minimum Gasteiger partial charge on any atom is -0.489 e. The van der Waals surface area contributed by atoms with E-state index in [9.17, 15) is 4.79 Å². The van der Waals surface area contributed by atoms with Gasteiger partial charge in [-0.3, -0.25) is 9.48 Å². The summed E-state index contributed by atoms with van der Waals surface area (Å²) in [6.07, 6.45) is 5.77. The molecule has 2 rings (SSSR count). The van der Waals surface area contributed by atoms with Crippen LogP contribution < -0.4 is 15.8 Å². The highest BCUT2D eigenvalue weighted by Crippen LogP contribution is 2.28. The lowest BCUT2D eigenvalue weighted by atomic mass is 10.1. The fourth-order valence-electron chi connectivity index (χ4n) is 1.74. The van der Waals surface area contributed by atoms with Gasteiger partial charge >= 0.3 is 0 Å². The predicted octanol–water partition coefficient (Wildman–Crippen LogP) is 0.482. The molecule has 0 aromatic carbocycles. The van der Waals surface area contributed by atoms with Gasteiger partial charge in [0.1, 0.15) is 12.1 Å². The highest BCUT2D eigenvalue weighted by molar-refractivity contribution is 5.83. The Labute approximate surface area is 113 Å². The summed E-state index contributed by atoms with van der Waals surface area (Å²) in [6, 6.07) is 0. The van der Waals surface area contributed by atoms with Crippen molar-refractivity contribution in [3.8, 4) is 5.75 Å². The van der Waals surface area contributed by atoms with Crippen LogP contribution in [-0.2, 0) is 10.3 Å². The van der Waals surface area contributed by atoms with Crippen LogP contribution in [0.4, 0.5) is 0 Å². The van der Waals surface area contributed by atoms with Crippen LogP contribution in [0, 0.1) is 5.92 Å². The molecule has 1 fully saturated rings. The van der Waals surface area contributed by atoms with Crippen molar-refractivity contribution in [2.75, 3.05) is 19.7 Å². The normalized spacial score (nSPS) is 15.3. The number of nitrogens with one attached hydrogen (secondary N) is 1. The van der Waals surface area contributed by atoms with Crippen LogP contribution in [-0.4, -0.2) is 35.4 Å². The molecule has 1 heterocycles. The van der Waals surface area contributed by atoms with Gasteiger partial charge in [-0.05, 0) is 32.6 Å². The van der Waals surface area contributed by atoms with Crippen molar-refractivity contribution in [3.63, 3.8) is 0 Å². The number of carbonyl (C=O) groups is 1. The fourth-order valence-corrected chi connectivity index (χ4v) is 1.74. The molecule has 6 heteroatoms. The molecule has 1 aliphatic carbocycles. The Bertz CT molecular complexity index is 438. The number of hydrogen-bond acceptors (Lipinski definition) is 4. The number of amides is 1. The maximum absolute atomic E-state index is 12.2. The van der Waals surface area contributed by atoms with Gasteiger partial charge in [0.15, 0.2) is 5.75 Å². The lowest BCUT2D eigenvalue weighted by Gasteiger charge is -2.24. The fraction of sp³-hybridized carbons (Fsp3) is 0.692. The zero-order chi connectivity index (χ0) is 13.9. The zero-order valence-corrected chi connectivity index (χ0v) is 11.6. The van der Waals surface area contributed by atoms with Crippen LogP contribution in [0.3, 0.4) is 0 Å². The summed E-state index contributed by atoms with van der Waals surface area (Å²) in [5.74, 6) is 1.28. The van der Waals surface area contributed by atoms with Crippen LogP contribution in [0.2, 0.25) is 0 Å². The molecule has 0 radical (unpaired) electrons. The van der Waals surface area contributed by atoms with Crippen molar-refractivity contribution in [1.29, 1.82) is 0 Å². The number of carbonyl (C=O) groups excluding carboxylic acids is 1. The Morgan fingerprint density at radius 3 is 3.00 bits per heavy atom. The monoisotopic (exact) mass is 266 g/mol. The van der Waals surface area contributed by atoms with Gasteiger partial charge in [0.05, 0.1) is 12.4 Å². The Morgan fingerprint density at radius 1 is 1.63 bits per heavy atom. The third kappa shape index (κ3) is 3.47. The number of hydrogen-bond donors (Lipinski definition) is 2. The number of rotatable bonds is 7. The van der Waals surface area contributed by atoms with Crippen molar-refractivity contribution in [3.05, 3.63) is 12.4 Å². The molecular formula is C13H22N4O2. The standard InChI is InChI=1S/C13H22N4O2/c1-13(2,12(18)15-7-10-3-4-10)17-9-11(8-16-17)19-6-5-14/h8-10H,3-7,14H2,1-2H3,(H,15,18). The van der Waals surface area contributed by atoms with E-state index in [1.807, 2.05) is 13.8 Å². The molecule has 19 heavy (non-hydrogen) atoms. The SMILES string of the molecule is CC(C)(C(=O)NCC1CC1)n1cc(OCCN)cn1. The predicted molar refractivity (Wildman–Crippen MR) is 71.8 cm³/mol. The van der Waals surface area contributed by atoms with E-state index < -0.39 is 5.54 Å². The van der Waals surface area contributed by atoms with Crippen molar-refractivity contribution in [2.45, 2.75) is 32.2 Å². The Morgan fingerprint density at radius 2 is 2.37 bits per heavy atom. The second-order valence-corrected chi connectivity index (χ2v) is 5.47. The molecule has 0 spiro atoms. The van der Waals surface area contributed by atoms with Gasteiger partial charge in [-0.2, -0.15) is 5.10 Å². The van der Waals surface area contributed by atoms with Gasteiger partial charge in [0.2, 0.25) is 5.91 Å². The Kier molecular flexibility index (Phi) is 4.09. The summed E-state index contributed by atoms with van der Waals surface area (Å²) in [6.45, 7) is 5.35. The van der Waals surface area contributed by atoms with E-state index in [4.69, 9.17) is 10.5 Å². The molecule has 1 aliphatic rings. The Balaban J connectivity index is 1.96. The molecule has 0 bridgehead atoms. The lowest BCUT2D eigenvalue weighted by Crippen LogP contribution is -2.45. The molecule has 6 nitrogen and oxygen atoms in total. The molecule has 0 unspecified atom stereocenters. The summed E-state index contributed by atoms with van der Waals surface area (Å²) < 4.78 is 7.00. The van der Waals surface area contributed by atoms with Crippen LogP contribution in [0.25, 0.3) is 0 Å². The second kappa shape index (κ2) is 5.61. The summed E-state index contributed by atoms with van der Waals surface area (Å²) in [5.41, 5.74) is 4.65. The maximum Gasteiger partial charge on any atom is 0.247 e. The van der Waals surface area contributed by atoms with Crippen molar-refractivity contribution in [1.82, 2.24) is 15.1 Å². The average Bonchev–Trinajstić information content (AvgIpc) is 3.09. The second-order valence-electron chi connectivity index (χ2n) is 5.47. The molecule has 0 atom stereocenters. The van der Waals surface area contributed by atoms with E-state index in [0.29, 0.717) is 24.8 Å². The molecule has 1 aromatic heterocycles. The highest BCUT2D eigenvalue weighted by atomic mass is 16.5. The quantitative estimate of drug-likeness (QED) is 0.752. The van der Waals surface area contributed by atoms with Crippen molar-refractivity contribution in [2.24, 2.45) is 11.7 Å². The molecule has 106 valence electrons. The van der Waals surface area contributed by atoms with Crippen molar-refractivity contribution >= 4 is 5.91 Å². The van der Waals surface area contributed by atoms with E-state index in [0.717, 1.165) is 6.54 Å². The molecule has 3 N–H and O–H groups in total. The molecule has 0 aliphatic heterocycles. The molecule has 1 saturated carbocycles.